The van der Waals surface area contributed by atoms with Gasteiger partial charge in [0.15, 0.2) is 5.82 Å². The number of carbonyl (C=O) groups is 1. The van der Waals surface area contributed by atoms with E-state index in [2.05, 4.69) is 34.8 Å². The summed E-state index contributed by atoms with van der Waals surface area (Å²) in [5, 5.41) is 3.84. The molecule has 0 radical (unpaired) electrons. The Morgan fingerprint density at radius 3 is 2.50 bits per heavy atom. The quantitative estimate of drug-likeness (QED) is 0.150. The number of hydrogen-bond acceptors (Lipinski definition) is 8. The highest BCUT2D eigenvalue weighted by Gasteiger charge is 2.41. The summed E-state index contributed by atoms with van der Waals surface area (Å²) in [5.41, 5.74) is 5.65. The van der Waals surface area contributed by atoms with Gasteiger partial charge in [-0.3, -0.25) is 4.90 Å². The fourth-order valence-corrected chi connectivity index (χ4v) is 5.84. The van der Waals surface area contributed by atoms with Crippen molar-refractivity contribution >= 4 is 23.2 Å². The molecular weight excluding hydrogens is 604 g/mol. The van der Waals surface area contributed by atoms with Crippen LogP contribution in [0.5, 0.6) is 5.75 Å². The first kappa shape index (κ1) is 32.5. The van der Waals surface area contributed by atoms with E-state index in [1.165, 1.54) is 0 Å². The molecule has 6 rings (SSSR count). The number of nitrogens with zero attached hydrogens (tertiary/aromatic N) is 4. The molecule has 0 spiro atoms. The Hall–Kier alpha value is -5.41. The molecule has 0 saturated carbocycles. The average Bonchev–Trinajstić information content (AvgIpc) is 3.64. The second-order valence-electron chi connectivity index (χ2n) is 12.7. The third-order valence-electron chi connectivity index (χ3n) is 8.18. The molecule has 48 heavy (non-hydrogen) atoms. The lowest BCUT2D eigenvalue weighted by Crippen LogP contribution is -2.54. The summed E-state index contributed by atoms with van der Waals surface area (Å²) in [7, 11) is 1.65. The van der Waals surface area contributed by atoms with E-state index in [1.807, 2.05) is 93.6 Å². The van der Waals surface area contributed by atoms with Gasteiger partial charge in [0.1, 0.15) is 23.7 Å². The van der Waals surface area contributed by atoms with Gasteiger partial charge in [0, 0.05) is 18.3 Å². The van der Waals surface area contributed by atoms with Crippen molar-refractivity contribution in [3.05, 3.63) is 133 Å². The van der Waals surface area contributed by atoms with Gasteiger partial charge in [-0.2, -0.15) is 0 Å². The number of benzene rings is 3. The smallest absolute Gasteiger partial charge is 0.415 e. The Kier molecular flexibility index (Phi) is 9.59. The van der Waals surface area contributed by atoms with Gasteiger partial charge in [-0.05, 0) is 78.9 Å². The summed E-state index contributed by atoms with van der Waals surface area (Å²) < 4.78 is 23.2. The lowest BCUT2D eigenvalue weighted by atomic mass is 9.96. The maximum Gasteiger partial charge on any atom is 0.415 e. The van der Waals surface area contributed by atoms with Gasteiger partial charge in [-0.15, -0.1) is 0 Å². The molecule has 5 aromatic rings. The molecule has 0 fully saturated rings. The Labute approximate surface area is 281 Å². The monoisotopic (exact) mass is 644 g/mol. The van der Waals surface area contributed by atoms with E-state index in [9.17, 15) is 4.79 Å². The Morgan fingerprint density at radius 2 is 1.79 bits per heavy atom. The van der Waals surface area contributed by atoms with Crippen LogP contribution in [0.15, 0.2) is 121 Å². The first-order chi connectivity index (χ1) is 23.2. The second-order valence-corrected chi connectivity index (χ2v) is 12.7. The van der Waals surface area contributed by atoms with Crippen LogP contribution in [0.3, 0.4) is 0 Å². The molecule has 3 aromatic carbocycles. The highest BCUT2D eigenvalue weighted by Crippen LogP contribution is 2.41. The number of carbonyl (C=O) groups excluding carboxylic acids is 1. The highest BCUT2D eigenvalue weighted by molar-refractivity contribution is 5.93. The van der Waals surface area contributed by atoms with Gasteiger partial charge in [-0.25, -0.2) is 9.78 Å². The number of methoxy groups -OCH3 is 1. The first-order valence-corrected chi connectivity index (χ1v) is 15.9. The molecule has 1 amide bonds. The maximum atomic E-state index is 13.8. The summed E-state index contributed by atoms with van der Waals surface area (Å²) in [4.78, 5) is 22.5. The normalized spacial score (nSPS) is 15.0. The number of aromatic nitrogens is 2. The van der Waals surface area contributed by atoms with Crippen LogP contribution in [-0.2, 0) is 16.0 Å². The minimum atomic E-state index is -0.677. The minimum absolute atomic E-state index is 0.251. The molecule has 9 heteroatoms. The number of anilines is 2. The van der Waals surface area contributed by atoms with Gasteiger partial charge < -0.3 is 23.6 Å². The molecule has 1 aliphatic heterocycles. The SMILES string of the molecule is C=C(CO[C@@H](c1ccccc1)[C@H]1CN(C(=O)OC(C)(C)C)c2cccnc2N1Cc1ccc(OC)cc1)c1cccc(-c2cnoc2)c1. The van der Waals surface area contributed by atoms with Gasteiger partial charge in [0.25, 0.3) is 0 Å². The van der Waals surface area contributed by atoms with Crippen LogP contribution >= 0.6 is 0 Å². The summed E-state index contributed by atoms with van der Waals surface area (Å²) in [6.45, 7) is 11.1. The molecule has 0 aliphatic carbocycles. The zero-order valence-electron chi connectivity index (χ0n) is 27.7. The molecule has 0 N–H and O–H groups in total. The Morgan fingerprint density at radius 1 is 1.00 bits per heavy atom. The minimum Gasteiger partial charge on any atom is -0.497 e. The lowest BCUT2D eigenvalue weighted by molar-refractivity contribution is 0.0461. The van der Waals surface area contributed by atoms with E-state index in [4.69, 9.17) is 23.7 Å². The fraction of sp³-hybridized carbons (Fsp3) is 0.256. The molecule has 0 bridgehead atoms. The number of pyridine rings is 1. The summed E-state index contributed by atoms with van der Waals surface area (Å²) >= 11 is 0. The highest BCUT2D eigenvalue weighted by atomic mass is 16.6. The van der Waals surface area contributed by atoms with Crippen LogP contribution in [0, 0.1) is 0 Å². The molecule has 2 atom stereocenters. The zero-order valence-corrected chi connectivity index (χ0v) is 27.7. The van der Waals surface area contributed by atoms with Crippen LogP contribution in [0.4, 0.5) is 16.3 Å². The number of ether oxygens (including phenoxy) is 3. The van der Waals surface area contributed by atoms with Crippen LogP contribution in [0.2, 0.25) is 0 Å². The topological polar surface area (TPSA) is 90.2 Å². The fourth-order valence-electron chi connectivity index (χ4n) is 5.84. The van der Waals surface area contributed by atoms with Crippen molar-refractivity contribution in [2.45, 2.75) is 45.1 Å². The Bertz CT molecular complexity index is 1830. The Balaban J connectivity index is 1.38. The van der Waals surface area contributed by atoms with Crippen molar-refractivity contribution < 1.29 is 23.5 Å². The molecule has 0 unspecified atom stereocenters. The molecule has 0 saturated heterocycles. The van der Waals surface area contributed by atoms with E-state index < -0.39 is 17.8 Å². The molecular formula is C39H40N4O5. The molecule has 1 aliphatic rings. The van der Waals surface area contributed by atoms with Crippen molar-refractivity contribution in [3.63, 3.8) is 0 Å². The van der Waals surface area contributed by atoms with E-state index in [-0.39, 0.29) is 12.6 Å². The zero-order chi connectivity index (χ0) is 33.7. The summed E-state index contributed by atoms with van der Waals surface area (Å²) in [5.74, 6) is 1.45. The predicted octanol–water partition coefficient (Wildman–Crippen LogP) is 8.35. The predicted molar refractivity (Wildman–Crippen MR) is 187 cm³/mol. The number of rotatable bonds is 10. The van der Waals surface area contributed by atoms with E-state index >= 15 is 0 Å². The van der Waals surface area contributed by atoms with E-state index in [0.717, 1.165) is 39.1 Å². The van der Waals surface area contributed by atoms with Gasteiger partial charge in [0.05, 0.1) is 38.2 Å². The van der Waals surface area contributed by atoms with Gasteiger partial charge in [0.2, 0.25) is 0 Å². The van der Waals surface area contributed by atoms with Crippen LogP contribution in [0.25, 0.3) is 16.7 Å². The maximum absolute atomic E-state index is 13.8. The van der Waals surface area contributed by atoms with Gasteiger partial charge >= 0.3 is 6.09 Å². The van der Waals surface area contributed by atoms with Crippen LogP contribution in [0.1, 0.15) is 43.6 Å². The summed E-state index contributed by atoms with van der Waals surface area (Å²) in [6, 6.07) is 29.5. The third-order valence-corrected chi connectivity index (χ3v) is 8.18. The second kappa shape index (κ2) is 14.1. The molecule has 9 nitrogen and oxygen atoms in total. The third kappa shape index (κ3) is 7.42. The van der Waals surface area contributed by atoms with Gasteiger partial charge in [-0.1, -0.05) is 72.4 Å². The van der Waals surface area contributed by atoms with Crippen molar-refractivity contribution in [2.24, 2.45) is 0 Å². The summed E-state index contributed by atoms with van der Waals surface area (Å²) in [6.07, 6.45) is 4.15. The molecule has 246 valence electrons. The van der Waals surface area contributed by atoms with E-state index in [0.29, 0.717) is 24.6 Å². The van der Waals surface area contributed by atoms with Crippen LogP contribution in [-0.4, -0.2) is 48.1 Å². The number of fused-ring (bicyclic) bond motifs is 1. The molecule has 3 heterocycles. The standard InChI is InChI=1S/C39H40N4O5/c1-27(30-13-9-14-31(21-30)32-22-41-47-26-32)25-46-36(29-11-7-6-8-12-29)35-24-43(38(44)48-39(2,3)4)34-15-10-20-40-37(34)42(35)23-28-16-18-33(45-5)19-17-28/h6-22,26,35-36H,1,23-25H2,2-5H3/t35-,36+/m1/s1. The lowest BCUT2D eigenvalue weighted by Gasteiger charge is -2.45. The van der Waals surface area contributed by atoms with Crippen molar-refractivity contribution in [1.82, 2.24) is 10.1 Å². The first-order valence-electron chi connectivity index (χ1n) is 15.9. The van der Waals surface area contributed by atoms with E-state index in [1.54, 1.807) is 30.7 Å². The van der Waals surface area contributed by atoms with Crippen molar-refractivity contribution in [2.75, 3.05) is 30.1 Å². The van der Waals surface area contributed by atoms with Crippen molar-refractivity contribution in [1.29, 1.82) is 0 Å². The average molecular weight is 645 g/mol. The largest absolute Gasteiger partial charge is 0.497 e. The molecule has 2 aromatic heterocycles. The number of hydrogen-bond donors (Lipinski definition) is 0. The number of amides is 1. The van der Waals surface area contributed by atoms with Crippen molar-refractivity contribution in [3.8, 4) is 16.9 Å². The van der Waals surface area contributed by atoms with Crippen LogP contribution < -0.4 is 14.5 Å².